The number of halogens is 1. The van der Waals surface area contributed by atoms with Gasteiger partial charge in [-0.3, -0.25) is 0 Å². The smallest absolute Gasteiger partial charge is 0.0134 e. The zero-order valence-electron chi connectivity index (χ0n) is 26.6. The Balaban J connectivity index is 0.000000170. The zero-order valence-corrected chi connectivity index (χ0v) is 32.1. The number of hydrogen-bond donors (Lipinski definition) is 0. The van der Waals surface area contributed by atoms with Gasteiger partial charge in [-0.25, -0.2) is 0 Å². The van der Waals surface area contributed by atoms with E-state index in [1.54, 1.807) is 13.2 Å². The molecule has 7 aromatic carbocycles. The van der Waals surface area contributed by atoms with Crippen LogP contribution in [0.1, 0.15) is 0 Å². The molecule has 0 aromatic heterocycles. The Labute approximate surface area is 310 Å². The van der Waals surface area contributed by atoms with Crippen LogP contribution in [0, 0.1) is 6.07 Å². The monoisotopic (exact) mass is 864 g/mol. The standard InChI is InChI=1S/2C18H15P.C7H7O.HI.Pd/c2*1-4-10-16(11-5-1)19(17-12-6-2-7-13-17)18-14-8-3-9-15-18;1-8-7-5-3-2-4-6-7;;/h2*1-15H;2-3,5-6H,1H3;1H;/q;;-1;;+2/p-1. The number of hydrogen-bond acceptors (Lipinski definition) is 1. The Hall–Kier alpha value is -3.41. The van der Waals surface area contributed by atoms with E-state index in [1.165, 1.54) is 31.8 Å². The van der Waals surface area contributed by atoms with Gasteiger partial charge in [0, 0.05) is 5.75 Å². The van der Waals surface area contributed by atoms with Gasteiger partial charge in [0.15, 0.2) is 0 Å². The Morgan fingerprint density at radius 2 is 0.646 bits per heavy atom. The first-order valence-corrected chi connectivity index (χ1v) is 22.7. The summed E-state index contributed by atoms with van der Waals surface area (Å²) in [5.41, 5.74) is 0. The van der Waals surface area contributed by atoms with E-state index >= 15 is 0 Å². The summed E-state index contributed by atoms with van der Waals surface area (Å²) in [5, 5.41) is 8.39. The van der Waals surface area contributed by atoms with E-state index in [9.17, 15) is 0 Å². The maximum Gasteiger partial charge on any atom is -0.0134 e. The Morgan fingerprint density at radius 1 is 0.396 bits per heavy atom. The van der Waals surface area contributed by atoms with Gasteiger partial charge in [0.05, 0.1) is 7.11 Å². The van der Waals surface area contributed by atoms with Crippen molar-refractivity contribution in [3.05, 3.63) is 212 Å². The third kappa shape index (κ3) is 11.9. The molecule has 0 spiro atoms. The van der Waals surface area contributed by atoms with Crippen LogP contribution in [-0.2, 0) is 15.6 Å². The molecule has 7 aromatic rings. The van der Waals surface area contributed by atoms with Crippen molar-refractivity contribution in [3.8, 4) is 5.75 Å². The van der Waals surface area contributed by atoms with E-state index in [0.29, 0.717) is 0 Å². The van der Waals surface area contributed by atoms with Crippen LogP contribution in [0.4, 0.5) is 0 Å². The number of methoxy groups -OCH3 is 1. The average molecular weight is 865 g/mol. The number of benzene rings is 7. The van der Waals surface area contributed by atoms with Gasteiger partial charge < -0.3 is 4.74 Å². The van der Waals surface area contributed by atoms with Crippen LogP contribution in [0.15, 0.2) is 206 Å². The van der Waals surface area contributed by atoms with Crippen molar-refractivity contribution in [2.75, 3.05) is 7.11 Å². The first-order valence-electron chi connectivity index (χ1n) is 15.4. The second-order valence-corrected chi connectivity index (χ2v) is 14.6. The summed E-state index contributed by atoms with van der Waals surface area (Å²) in [5.74, 6) is 0.854. The molecule has 0 unspecified atom stereocenters. The molecule has 0 heterocycles. The molecule has 0 radical (unpaired) electrons. The van der Waals surface area contributed by atoms with Gasteiger partial charge in [-0.1, -0.05) is 182 Å². The summed E-state index contributed by atoms with van der Waals surface area (Å²) in [4.78, 5) is 0. The molecule has 0 saturated carbocycles. The number of ether oxygens (including phenoxy) is 1. The fourth-order valence-electron chi connectivity index (χ4n) is 4.86. The molecule has 242 valence electrons. The minimum Gasteiger partial charge on any atom is -0.0622 e. The summed E-state index contributed by atoms with van der Waals surface area (Å²) >= 11 is 4.72. The Bertz CT molecular complexity index is 1490. The van der Waals surface area contributed by atoms with Crippen molar-refractivity contribution in [2.45, 2.75) is 0 Å². The van der Waals surface area contributed by atoms with Crippen LogP contribution in [0.2, 0.25) is 0 Å². The maximum atomic E-state index is 4.88. The molecule has 0 saturated heterocycles. The van der Waals surface area contributed by atoms with Crippen molar-refractivity contribution in [3.63, 3.8) is 0 Å². The number of rotatable bonds is 7. The second-order valence-electron chi connectivity index (χ2n) is 10.1. The van der Waals surface area contributed by atoms with Gasteiger partial charge in [0.1, 0.15) is 0 Å². The Morgan fingerprint density at radius 3 is 0.812 bits per heavy atom. The average Bonchev–Trinajstić information content (AvgIpc) is 3.19. The molecular weight excluding hydrogens is 828 g/mol. The van der Waals surface area contributed by atoms with E-state index in [0.717, 1.165) is 5.75 Å². The van der Waals surface area contributed by atoms with Gasteiger partial charge in [0.2, 0.25) is 0 Å². The van der Waals surface area contributed by atoms with Crippen LogP contribution in [-0.4, -0.2) is 7.11 Å². The van der Waals surface area contributed by atoms with E-state index < -0.39 is 15.8 Å². The van der Waals surface area contributed by atoms with E-state index in [1.807, 2.05) is 37.7 Å². The third-order valence-corrected chi connectivity index (χ3v) is 11.9. The van der Waals surface area contributed by atoms with Crippen molar-refractivity contribution in [1.82, 2.24) is 0 Å². The summed E-state index contributed by atoms with van der Waals surface area (Å²) in [6, 6.07) is 74.9. The molecule has 7 rings (SSSR count). The summed E-state index contributed by atoms with van der Waals surface area (Å²) in [6.07, 6.45) is 0. The molecule has 48 heavy (non-hydrogen) atoms. The van der Waals surface area contributed by atoms with Crippen LogP contribution < -0.4 is 36.6 Å². The van der Waals surface area contributed by atoms with Crippen LogP contribution in [0.3, 0.4) is 0 Å². The van der Waals surface area contributed by atoms with Crippen molar-refractivity contribution < 1.29 is 20.3 Å². The summed E-state index contributed by atoms with van der Waals surface area (Å²) < 4.78 is 4.88. The fraction of sp³-hybridized carbons (Fsp3) is 0.0233. The van der Waals surface area contributed by atoms with Gasteiger partial charge in [-0.2, -0.15) is 18.2 Å². The molecule has 0 fully saturated rings. The van der Waals surface area contributed by atoms with E-state index in [2.05, 4.69) is 204 Å². The first-order chi connectivity index (χ1) is 23.8. The predicted molar refractivity (Wildman–Crippen MR) is 216 cm³/mol. The first kappa shape index (κ1) is 37.4. The molecule has 0 N–H and O–H groups in total. The molecule has 0 aliphatic carbocycles. The van der Waals surface area contributed by atoms with Crippen LogP contribution in [0.25, 0.3) is 0 Å². The van der Waals surface area contributed by atoms with Gasteiger partial charge in [0.25, 0.3) is 0 Å². The quantitative estimate of drug-likeness (QED) is 0.0673. The van der Waals surface area contributed by atoms with Crippen molar-refractivity contribution >= 4 is 67.2 Å². The van der Waals surface area contributed by atoms with Crippen LogP contribution >= 0.6 is 35.4 Å². The summed E-state index contributed by atoms with van der Waals surface area (Å²) in [6.45, 7) is 0. The minimum atomic E-state index is -0.446. The molecule has 0 aliphatic rings. The predicted octanol–water partition coefficient (Wildman–Crippen LogP) is 9.27. The molecule has 5 heteroatoms. The van der Waals surface area contributed by atoms with Crippen LogP contribution in [0.5, 0.6) is 5.75 Å². The second kappa shape index (κ2) is 22.3. The molecular formula is C43H37IOP2Pd. The Kier molecular flexibility index (Phi) is 17.4. The fourth-order valence-corrected chi connectivity index (χ4v) is 9.47. The molecule has 0 aliphatic heterocycles. The molecule has 0 atom stereocenters. The van der Waals surface area contributed by atoms with Crippen molar-refractivity contribution in [1.29, 1.82) is 0 Å². The SMILES string of the molecule is COc1c[c-]ccc1.[Pd+][I].c1ccc(P(c2ccccc2)c2ccccc2)cc1.c1ccc(P(c2ccccc2)c2ccccc2)cc1. The molecule has 0 amide bonds. The normalized spacial score (nSPS) is 9.96. The molecule has 0 bridgehead atoms. The van der Waals surface area contributed by atoms with E-state index in [-0.39, 0.29) is 0 Å². The molecule has 1 nitrogen and oxygen atoms in total. The van der Waals surface area contributed by atoms with Gasteiger partial charge in [-0.15, -0.1) is 12.1 Å². The minimum absolute atomic E-state index is 0.446. The topological polar surface area (TPSA) is 9.23 Å². The maximum absolute atomic E-state index is 4.88. The van der Waals surface area contributed by atoms with Crippen molar-refractivity contribution in [2.24, 2.45) is 0 Å². The zero-order chi connectivity index (χ0) is 33.7. The van der Waals surface area contributed by atoms with Gasteiger partial charge in [-0.05, 0) is 47.7 Å². The largest absolute Gasteiger partial charge is 0.0622 e. The summed E-state index contributed by atoms with van der Waals surface area (Å²) in [7, 11) is 0.750. The van der Waals surface area contributed by atoms with E-state index in [4.69, 9.17) is 4.74 Å². The third-order valence-electron chi connectivity index (χ3n) is 7.00. The van der Waals surface area contributed by atoms with Gasteiger partial charge >= 0.3 is 35.1 Å².